The number of carbonyl (C=O) groups excluding carboxylic acids is 2. The number of thioether (sulfide) groups is 1. The maximum Gasteiger partial charge on any atom is 0.321 e. The van der Waals surface area contributed by atoms with Gasteiger partial charge in [-0.1, -0.05) is 30.0 Å². The van der Waals surface area contributed by atoms with E-state index in [0.29, 0.717) is 33.3 Å². The SMILES string of the molecule is CNC(=O)NC(=O)CSc1nnc2n(-c3cccc(OC)c3)c(=O)c3ccccc3n12. The van der Waals surface area contributed by atoms with Crippen LogP contribution in [0.15, 0.2) is 58.5 Å². The first-order valence-electron chi connectivity index (χ1n) is 9.21. The van der Waals surface area contributed by atoms with Gasteiger partial charge in [-0.05, 0) is 24.3 Å². The van der Waals surface area contributed by atoms with Gasteiger partial charge in [0, 0.05) is 13.1 Å². The molecular formula is C20H18N6O4S. The van der Waals surface area contributed by atoms with Crippen LogP contribution in [0.3, 0.4) is 0 Å². The van der Waals surface area contributed by atoms with E-state index in [-0.39, 0.29) is 11.3 Å². The molecular weight excluding hydrogens is 420 g/mol. The van der Waals surface area contributed by atoms with Gasteiger partial charge in [0.1, 0.15) is 5.75 Å². The number of hydrogen-bond acceptors (Lipinski definition) is 7. The summed E-state index contributed by atoms with van der Waals surface area (Å²) in [7, 11) is 2.97. The summed E-state index contributed by atoms with van der Waals surface area (Å²) >= 11 is 1.11. The van der Waals surface area contributed by atoms with Crippen molar-refractivity contribution in [2.45, 2.75) is 5.16 Å². The minimum absolute atomic E-state index is 0.0547. The summed E-state index contributed by atoms with van der Waals surface area (Å²) in [5, 5.41) is 13.8. The summed E-state index contributed by atoms with van der Waals surface area (Å²) in [6.45, 7) is 0. The molecule has 0 aliphatic carbocycles. The fraction of sp³-hybridized carbons (Fsp3) is 0.150. The van der Waals surface area contributed by atoms with Crippen LogP contribution in [0.2, 0.25) is 0 Å². The van der Waals surface area contributed by atoms with E-state index in [1.807, 2.05) is 6.07 Å². The third kappa shape index (κ3) is 3.82. The molecule has 2 aromatic carbocycles. The number of nitrogens with one attached hydrogen (secondary N) is 2. The lowest BCUT2D eigenvalue weighted by atomic mass is 10.2. The second-order valence-electron chi connectivity index (χ2n) is 6.39. The molecule has 31 heavy (non-hydrogen) atoms. The first-order chi connectivity index (χ1) is 15.0. The zero-order valence-corrected chi connectivity index (χ0v) is 17.5. The third-order valence-corrected chi connectivity index (χ3v) is 5.45. The minimum atomic E-state index is -0.589. The Kier molecular flexibility index (Phi) is 5.58. The predicted octanol–water partition coefficient (Wildman–Crippen LogP) is 1.59. The van der Waals surface area contributed by atoms with Gasteiger partial charge in [0.15, 0.2) is 5.16 Å². The number of nitrogens with zero attached hydrogens (tertiary/aromatic N) is 4. The van der Waals surface area contributed by atoms with Gasteiger partial charge in [0.2, 0.25) is 11.7 Å². The first-order valence-corrected chi connectivity index (χ1v) is 10.2. The van der Waals surface area contributed by atoms with Crippen LogP contribution in [-0.2, 0) is 4.79 Å². The Morgan fingerprint density at radius 3 is 2.71 bits per heavy atom. The molecule has 2 aromatic heterocycles. The zero-order chi connectivity index (χ0) is 22.0. The van der Waals surface area contributed by atoms with Crippen LogP contribution in [0.5, 0.6) is 5.75 Å². The molecule has 3 amide bonds. The average Bonchev–Trinajstić information content (AvgIpc) is 3.21. The van der Waals surface area contributed by atoms with Crippen LogP contribution in [0.4, 0.5) is 4.79 Å². The number of rotatable bonds is 5. The molecule has 0 fully saturated rings. The molecule has 0 saturated carbocycles. The second-order valence-corrected chi connectivity index (χ2v) is 7.34. The molecule has 11 heteroatoms. The zero-order valence-electron chi connectivity index (χ0n) is 16.7. The summed E-state index contributed by atoms with van der Waals surface area (Å²) in [6.07, 6.45) is 0. The second kappa shape index (κ2) is 8.48. The van der Waals surface area contributed by atoms with Gasteiger partial charge in [0.05, 0.1) is 29.5 Å². The van der Waals surface area contributed by atoms with E-state index in [9.17, 15) is 14.4 Å². The number of carbonyl (C=O) groups is 2. The van der Waals surface area contributed by atoms with Gasteiger partial charge < -0.3 is 10.1 Å². The molecule has 0 atom stereocenters. The largest absolute Gasteiger partial charge is 0.497 e. The lowest BCUT2D eigenvalue weighted by Gasteiger charge is -2.12. The Hall–Kier alpha value is -3.86. The van der Waals surface area contributed by atoms with E-state index in [4.69, 9.17) is 4.74 Å². The quantitative estimate of drug-likeness (QED) is 0.454. The Morgan fingerprint density at radius 1 is 1.13 bits per heavy atom. The van der Waals surface area contributed by atoms with Crippen LogP contribution in [0, 0.1) is 0 Å². The topological polar surface area (TPSA) is 120 Å². The van der Waals surface area contributed by atoms with Crippen molar-refractivity contribution in [3.63, 3.8) is 0 Å². The summed E-state index contributed by atoms with van der Waals surface area (Å²) in [5.41, 5.74) is 0.930. The normalized spacial score (nSPS) is 10.9. The van der Waals surface area contributed by atoms with E-state index in [0.717, 1.165) is 11.8 Å². The lowest BCUT2D eigenvalue weighted by molar-refractivity contribution is -0.117. The molecule has 4 aromatic rings. The van der Waals surface area contributed by atoms with E-state index in [1.54, 1.807) is 54.0 Å². The van der Waals surface area contributed by atoms with E-state index < -0.39 is 11.9 Å². The third-order valence-electron chi connectivity index (χ3n) is 4.52. The van der Waals surface area contributed by atoms with Crippen LogP contribution in [0.25, 0.3) is 22.4 Å². The Labute approximate surface area is 180 Å². The Bertz CT molecular complexity index is 1360. The van der Waals surface area contributed by atoms with E-state index >= 15 is 0 Å². The van der Waals surface area contributed by atoms with Crippen molar-refractivity contribution >= 4 is 40.4 Å². The maximum atomic E-state index is 13.3. The number of urea groups is 1. The van der Waals surface area contributed by atoms with Crippen molar-refractivity contribution in [1.29, 1.82) is 0 Å². The van der Waals surface area contributed by atoms with Gasteiger partial charge in [0.25, 0.3) is 5.56 Å². The number of benzene rings is 2. The summed E-state index contributed by atoms with van der Waals surface area (Å²) in [4.78, 5) is 36.6. The number of fused-ring (bicyclic) bond motifs is 3. The fourth-order valence-electron chi connectivity index (χ4n) is 3.11. The molecule has 0 unspecified atom stereocenters. The van der Waals surface area contributed by atoms with E-state index in [1.165, 1.54) is 11.6 Å². The molecule has 0 aliphatic heterocycles. The van der Waals surface area contributed by atoms with E-state index in [2.05, 4.69) is 20.8 Å². The smallest absolute Gasteiger partial charge is 0.321 e. The van der Waals surface area contributed by atoms with Crippen molar-refractivity contribution in [1.82, 2.24) is 29.8 Å². The molecule has 0 radical (unpaired) electrons. The number of aromatic nitrogens is 4. The van der Waals surface area contributed by atoms with Crippen LogP contribution >= 0.6 is 11.8 Å². The summed E-state index contributed by atoms with van der Waals surface area (Å²) in [5.74, 6) is 0.356. The summed E-state index contributed by atoms with van der Waals surface area (Å²) in [6, 6.07) is 13.6. The Morgan fingerprint density at radius 2 is 1.94 bits per heavy atom. The highest BCUT2D eigenvalue weighted by atomic mass is 32.2. The molecule has 0 spiro atoms. The van der Waals surface area contributed by atoms with Gasteiger partial charge in [-0.15, -0.1) is 10.2 Å². The van der Waals surface area contributed by atoms with Crippen molar-refractivity contribution < 1.29 is 14.3 Å². The van der Waals surface area contributed by atoms with Gasteiger partial charge in [-0.2, -0.15) is 0 Å². The molecule has 0 saturated heterocycles. The first kappa shape index (κ1) is 20.4. The molecule has 0 aliphatic rings. The fourth-order valence-corrected chi connectivity index (χ4v) is 3.85. The minimum Gasteiger partial charge on any atom is -0.497 e. The number of ether oxygens (including phenoxy) is 1. The maximum absolute atomic E-state index is 13.3. The van der Waals surface area contributed by atoms with Gasteiger partial charge >= 0.3 is 6.03 Å². The molecule has 2 N–H and O–H groups in total. The molecule has 2 heterocycles. The van der Waals surface area contributed by atoms with Crippen molar-refractivity contribution in [3.05, 3.63) is 58.9 Å². The molecule has 4 rings (SSSR count). The van der Waals surface area contributed by atoms with Crippen LogP contribution in [-0.4, -0.2) is 51.0 Å². The lowest BCUT2D eigenvalue weighted by Crippen LogP contribution is -2.38. The number of amides is 3. The summed E-state index contributed by atoms with van der Waals surface area (Å²) < 4.78 is 8.45. The number of imide groups is 1. The highest BCUT2D eigenvalue weighted by molar-refractivity contribution is 7.99. The number of hydrogen-bond donors (Lipinski definition) is 2. The molecule has 158 valence electrons. The monoisotopic (exact) mass is 438 g/mol. The molecule has 0 bridgehead atoms. The van der Waals surface area contributed by atoms with Crippen molar-refractivity contribution in [2.75, 3.05) is 19.9 Å². The van der Waals surface area contributed by atoms with Crippen LogP contribution < -0.4 is 20.9 Å². The molecule has 10 nitrogen and oxygen atoms in total. The number of para-hydroxylation sites is 1. The Balaban J connectivity index is 1.86. The highest BCUT2D eigenvalue weighted by Gasteiger charge is 2.19. The van der Waals surface area contributed by atoms with Crippen molar-refractivity contribution in [3.8, 4) is 11.4 Å². The van der Waals surface area contributed by atoms with Crippen molar-refractivity contribution in [2.24, 2.45) is 0 Å². The standard InChI is InChI=1S/C20H18N6O4S/c1-21-18(29)22-16(27)11-31-20-24-23-19-25(12-6-5-7-13(10-12)30-2)17(28)14-8-3-4-9-15(14)26(19)20/h3-10H,11H2,1-2H3,(H2,21,22,27,29). The highest BCUT2D eigenvalue weighted by Crippen LogP contribution is 2.24. The average molecular weight is 438 g/mol. The van der Waals surface area contributed by atoms with Crippen LogP contribution in [0.1, 0.15) is 0 Å². The van der Waals surface area contributed by atoms with Gasteiger partial charge in [-0.25, -0.2) is 9.36 Å². The van der Waals surface area contributed by atoms with Gasteiger partial charge in [-0.3, -0.25) is 19.3 Å². The number of methoxy groups -OCH3 is 1. The predicted molar refractivity (Wildman–Crippen MR) is 116 cm³/mol.